The fourth-order valence-corrected chi connectivity index (χ4v) is 13.9. The quantitative estimate of drug-likeness (QED) is 0.152. The molecule has 1 spiro atoms. The van der Waals surface area contributed by atoms with E-state index in [4.69, 9.17) is 23.7 Å². The number of hydrogen-bond donors (Lipinski definition) is 2. The average Bonchev–Trinajstić information content (AvgIpc) is 3.52. The van der Waals surface area contributed by atoms with Crippen LogP contribution in [0.2, 0.25) is 0 Å². The van der Waals surface area contributed by atoms with Gasteiger partial charge in [0.15, 0.2) is 6.10 Å². The van der Waals surface area contributed by atoms with Crippen molar-refractivity contribution in [3.05, 3.63) is 70.9 Å². The summed E-state index contributed by atoms with van der Waals surface area (Å²) in [7, 11) is 6.24. The number of esters is 3. The van der Waals surface area contributed by atoms with Gasteiger partial charge >= 0.3 is 17.9 Å². The van der Waals surface area contributed by atoms with E-state index >= 15 is 4.79 Å². The first kappa shape index (κ1) is 38.8. The van der Waals surface area contributed by atoms with Crippen molar-refractivity contribution in [2.75, 3.05) is 59.5 Å². The first-order valence-electron chi connectivity index (χ1n) is 21.3. The van der Waals surface area contributed by atoms with Crippen molar-refractivity contribution >= 4 is 34.5 Å². The van der Waals surface area contributed by atoms with Gasteiger partial charge < -0.3 is 38.7 Å². The number of hydrogen-bond acceptors (Lipinski definition) is 12. The molecule has 4 fully saturated rings. The van der Waals surface area contributed by atoms with E-state index in [0.717, 1.165) is 59.3 Å². The molecule has 7 heterocycles. The van der Waals surface area contributed by atoms with Crippen LogP contribution in [-0.2, 0) is 50.6 Å². The van der Waals surface area contributed by atoms with Crippen LogP contribution < -0.4 is 9.64 Å². The Morgan fingerprint density at radius 2 is 1.75 bits per heavy atom. The third-order valence-corrected chi connectivity index (χ3v) is 16.0. The minimum Gasteiger partial charge on any atom is -0.496 e. The number of anilines is 1. The molecule has 10 rings (SSSR count). The molecule has 1 unspecified atom stereocenters. The summed E-state index contributed by atoms with van der Waals surface area (Å²) < 4.78 is 30.6. The molecule has 7 aliphatic rings. The van der Waals surface area contributed by atoms with Crippen LogP contribution in [0.1, 0.15) is 75.3 Å². The second kappa shape index (κ2) is 13.0. The number of aliphatic hydroxyl groups is 1. The number of nitrogens with one attached hydrogen (secondary N) is 1. The number of methoxy groups -OCH3 is 3. The lowest BCUT2D eigenvalue weighted by molar-refractivity contribution is -0.228. The largest absolute Gasteiger partial charge is 0.496 e. The van der Waals surface area contributed by atoms with Gasteiger partial charge in [0.1, 0.15) is 23.0 Å². The van der Waals surface area contributed by atoms with Gasteiger partial charge in [-0.25, -0.2) is 4.79 Å². The molecule has 1 saturated carbocycles. The number of H-pyrrole nitrogens is 1. The summed E-state index contributed by atoms with van der Waals surface area (Å²) in [4.78, 5) is 53.4. The molecule has 0 radical (unpaired) electrons. The molecule has 13 nitrogen and oxygen atoms in total. The Labute approximate surface area is 344 Å². The molecule has 11 atom stereocenters. The van der Waals surface area contributed by atoms with Crippen LogP contribution in [0.5, 0.6) is 5.75 Å². The zero-order valence-electron chi connectivity index (χ0n) is 35.1. The summed E-state index contributed by atoms with van der Waals surface area (Å²) in [5, 5.41) is 14.4. The molecular weight excluding hydrogens is 753 g/mol. The highest BCUT2D eigenvalue weighted by Gasteiger charge is 2.80. The summed E-state index contributed by atoms with van der Waals surface area (Å²) in [6.07, 6.45) is 6.85. The molecule has 0 amide bonds. The van der Waals surface area contributed by atoms with Crippen LogP contribution in [0.3, 0.4) is 0 Å². The number of fused-ring (bicyclic) bond motifs is 8. The van der Waals surface area contributed by atoms with Crippen LogP contribution in [-0.4, -0.2) is 128 Å². The number of para-hydroxylation sites is 1. The van der Waals surface area contributed by atoms with E-state index in [2.05, 4.69) is 52.1 Å². The van der Waals surface area contributed by atoms with Crippen molar-refractivity contribution in [2.24, 2.45) is 11.3 Å². The lowest BCUT2D eigenvalue weighted by atomic mass is 9.47. The third-order valence-electron chi connectivity index (χ3n) is 16.0. The maximum Gasteiger partial charge on any atom is 0.344 e. The number of carbonyl (C=O) groups excluding carboxylic acids is 3. The Morgan fingerprint density at radius 3 is 2.46 bits per heavy atom. The Hall–Kier alpha value is -4.43. The number of aromatic nitrogens is 1. The first-order chi connectivity index (χ1) is 28.3. The van der Waals surface area contributed by atoms with Crippen molar-refractivity contribution in [2.45, 2.75) is 106 Å². The number of epoxide rings is 1. The molecule has 13 heteroatoms. The smallest absolute Gasteiger partial charge is 0.344 e. The van der Waals surface area contributed by atoms with Crippen molar-refractivity contribution in [1.29, 1.82) is 0 Å². The van der Waals surface area contributed by atoms with Gasteiger partial charge in [0.05, 0.1) is 27.4 Å². The highest BCUT2D eigenvalue weighted by atomic mass is 16.6. The van der Waals surface area contributed by atoms with Gasteiger partial charge in [-0.15, -0.1) is 0 Å². The minimum absolute atomic E-state index is 0.0634. The Kier molecular flexibility index (Phi) is 8.56. The number of aromatic amines is 1. The lowest BCUT2D eigenvalue weighted by Gasteiger charge is -2.63. The third kappa shape index (κ3) is 4.73. The minimum atomic E-state index is -2.28. The molecule has 2 N–H and O–H groups in total. The molecule has 1 aliphatic carbocycles. The molecule has 2 bridgehead atoms. The maximum absolute atomic E-state index is 15.4. The number of benzene rings is 2. The Morgan fingerprint density at radius 1 is 0.966 bits per heavy atom. The standard InChI is InChI=1S/C46H56N4O9/c1-8-42-16-12-18-49-20-17-44(36(42)49)30-21-31(34(55-5)22-33(30)48(4)37(44)46(54,41(53)57-7)38(42)58-26(3)51)45(40(52)56-6)24-27-23-43(9-2)39(59-43)50(25-27)19-15-29-28-13-10-11-14-32(28)47-35(29)45/h10-14,16,21-22,27,36-39,47,54H,8-9,15,17-20,23-25H2,1-7H3/t27-,36+,37-,38-,39+,42-,43+,44-,45+,46+/m1/s1. The van der Waals surface area contributed by atoms with E-state index in [1.165, 1.54) is 21.1 Å². The number of carbonyl (C=O) groups is 3. The van der Waals surface area contributed by atoms with E-state index in [0.29, 0.717) is 50.1 Å². The maximum atomic E-state index is 15.4. The van der Waals surface area contributed by atoms with Gasteiger partial charge in [-0.3, -0.25) is 19.4 Å². The molecule has 314 valence electrons. The monoisotopic (exact) mass is 808 g/mol. The second-order valence-electron chi connectivity index (χ2n) is 18.3. The second-order valence-corrected chi connectivity index (χ2v) is 18.3. The van der Waals surface area contributed by atoms with Crippen LogP contribution in [0.25, 0.3) is 10.9 Å². The van der Waals surface area contributed by atoms with Gasteiger partial charge in [-0.1, -0.05) is 44.2 Å². The van der Waals surface area contributed by atoms with Crippen LogP contribution >= 0.6 is 0 Å². The van der Waals surface area contributed by atoms with E-state index in [9.17, 15) is 14.7 Å². The summed E-state index contributed by atoms with van der Waals surface area (Å²) in [6.45, 7) is 8.44. The molecule has 3 saturated heterocycles. The molecule has 59 heavy (non-hydrogen) atoms. The normalized spacial score (nSPS) is 38.7. The number of ether oxygens (including phenoxy) is 5. The molecule has 2 aromatic carbocycles. The van der Waals surface area contributed by atoms with E-state index in [1.807, 2.05) is 37.1 Å². The fourth-order valence-electron chi connectivity index (χ4n) is 13.9. The number of likely N-dealkylation sites (N-methyl/N-ethyl adjacent to an activating group) is 1. The SMILES string of the molecule is CC[C@]12C[C@H]3CN(CCc4c([nH]c5ccccc45)[C@@](C(=O)OC)(c4cc5c(cc4OC)N(C)[C@H]4[C@@](O)(C(=O)OC)[C@H](OC(C)=O)[C@]6(CC)C=CCN7CC[C@]54[C@@H]76)C3)[C@H]1O2. The fraction of sp³-hybridized carbons (Fsp3) is 0.587. The molecule has 1 aromatic heterocycles. The van der Waals surface area contributed by atoms with Crippen molar-refractivity contribution in [1.82, 2.24) is 14.8 Å². The van der Waals surface area contributed by atoms with Gasteiger partial charge in [0.25, 0.3) is 0 Å². The zero-order valence-corrected chi connectivity index (χ0v) is 35.1. The van der Waals surface area contributed by atoms with Crippen LogP contribution in [0.4, 0.5) is 5.69 Å². The Bertz CT molecular complexity index is 2310. The zero-order chi connectivity index (χ0) is 41.4. The van der Waals surface area contributed by atoms with E-state index in [-0.39, 0.29) is 29.8 Å². The van der Waals surface area contributed by atoms with Crippen molar-refractivity contribution in [3.8, 4) is 5.75 Å². The van der Waals surface area contributed by atoms with Gasteiger partial charge in [-0.05, 0) is 74.2 Å². The van der Waals surface area contributed by atoms with Crippen LogP contribution in [0.15, 0.2) is 48.6 Å². The van der Waals surface area contributed by atoms with Gasteiger partial charge in [0, 0.05) is 84.4 Å². The molecule has 6 aliphatic heterocycles. The number of piperidine rings is 1. The van der Waals surface area contributed by atoms with Gasteiger partial charge in [0.2, 0.25) is 5.60 Å². The summed E-state index contributed by atoms with van der Waals surface area (Å²) >= 11 is 0. The molecule has 3 aromatic rings. The molecular formula is C46H56N4O9. The highest BCUT2D eigenvalue weighted by Crippen LogP contribution is 2.68. The van der Waals surface area contributed by atoms with E-state index in [1.54, 1.807) is 7.11 Å². The van der Waals surface area contributed by atoms with E-state index < -0.39 is 45.9 Å². The summed E-state index contributed by atoms with van der Waals surface area (Å²) in [6, 6.07) is 11.2. The predicted octanol–water partition coefficient (Wildman–Crippen LogP) is 4.35. The number of nitrogens with zero attached hydrogens (tertiary/aromatic N) is 3. The predicted molar refractivity (Wildman–Crippen MR) is 218 cm³/mol. The first-order valence-corrected chi connectivity index (χ1v) is 21.3. The van der Waals surface area contributed by atoms with Gasteiger partial charge in [-0.2, -0.15) is 0 Å². The summed E-state index contributed by atoms with van der Waals surface area (Å²) in [5.41, 5.74) is -0.578. The Balaban J connectivity index is 1.27. The lowest BCUT2D eigenvalue weighted by Crippen LogP contribution is -2.81. The van der Waals surface area contributed by atoms with Crippen LogP contribution in [0, 0.1) is 11.3 Å². The van der Waals surface area contributed by atoms with Crippen molar-refractivity contribution in [3.63, 3.8) is 0 Å². The van der Waals surface area contributed by atoms with Crippen molar-refractivity contribution < 1.29 is 43.2 Å². The summed E-state index contributed by atoms with van der Waals surface area (Å²) in [5.74, 6) is -1.27. The topological polar surface area (TPSA) is 146 Å². The number of rotatable bonds is 7. The highest BCUT2D eigenvalue weighted by molar-refractivity contribution is 5.95. The average molecular weight is 809 g/mol.